The van der Waals surface area contributed by atoms with Gasteiger partial charge in [0.1, 0.15) is 11.9 Å². The van der Waals surface area contributed by atoms with Crippen LogP contribution in [0, 0.1) is 0 Å². The van der Waals surface area contributed by atoms with E-state index in [0.29, 0.717) is 5.69 Å². The quantitative estimate of drug-likeness (QED) is 0.860. The molecule has 6 nitrogen and oxygen atoms in total. The van der Waals surface area contributed by atoms with Gasteiger partial charge in [0.15, 0.2) is 0 Å². The molecule has 0 aliphatic carbocycles. The first kappa shape index (κ1) is 14.1. The molecule has 0 saturated heterocycles. The van der Waals surface area contributed by atoms with Crippen molar-refractivity contribution in [2.75, 3.05) is 19.7 Å². The fraction of sp³-hybridized carbons (Fsp3) is 0.400. The van der Waals surface area contributed by atoms with E-state index in [-0.39, 0.29) is 6.61 Å². The standard InChI is InChI=1S/C15H19N3O3/c19-11-15(20)14-9-12-10-17(6-7-18(12)16-14)5-1-3-13-4-2-8-21-13/h1-4,8-9,15,19-20H,5-7,10-11H2/b3-1+/t15-/m1/s1. The van der Waals surface area contributed by atoms with Gasteiger partial charge in [-0.05, 0) is 24.3 Å². The van der Waals surface area contributed by atoms with Gasteiger partial charge in [0.05, 0.1) is 30.8 Å². The molecule has 2 aromatic rings. The molecule has 1 aliphatic rings. The summed E-state index contributed by atoms with van der Waals surface area (Å²) < 4.78 is 7.15. The van der Waals surface area contributed by atoms with Crippen molar-refractivity contribution in [1.82, 2.24) is 14.7 Å². The van der Waals surface area contributed by atoms with Gasteiger partial charge in [-0.25, -0.2) is 0 Å². The Labute approximate surface area is 122 Å². The van der Waals surface area contributed by atoms with Gasteiger partial charge in [-0.3, -0.25) is 9.58 Å². The van der Waals surface area contributed by atoms with Crippen molar-refractivity contribution in [1.29, 1.82) is 0 Å². The minimum absolute atomic E-state index is 0.300. The van der Waals surface area contributed by atoms with E-state index in [1.807, 2.05) is 29.0 Å². The first-order valence-corrected chi connectivity index (χ1v) is 7.04. The number of aliphatic hydroxyl groups is 2. The van der Waals surface area contributed by atoms with Crippen molar-refractivity contribution in [3.8, 4) is 0 Å². The molecule has 6 heteroatoms. The Balaban J connectivity index is 1.60. The van der Waals surface area contributed by atoms with Crippen LogP contribution in [0.25, 0.3) is 6.08 Å². The number of furan rings is 1. The second-order valence-corrected chi connectivity index (χ2v) is 5.13. The fourth-order valence-electron chi connectivity index (χ4n) is 2.46. The van der Waals surface area contributed by atoms with Crippen LogP contribution >= 0.6 is 0 Å². The highest BCUT2D eigenvalue weighted by Gasteiger charge is 2.20. The van der Waals surface area contributed by atoms with Gasteiger partial charge in [0.25, 0.3) is 0 Å². The van der Waals surface area contributed by atoms with Crippen molar-refractivity contribution in [2.45, 2.75) is 19.2 Å². The lowest BCUT2D eigenvalue weighted by atomic mass is 10.2. The summed E-state index contributed by atoms with van der Waals surface area (Å²) in [5.74, 6) is 0.852. The Kier molecular flexibility index (Phi) is 4.19. The van der Waals surface area contributed by atoms with E-state index in [4.69, 9.17) is 9.52 Å². The molecule has 0 amide bonds. The van der Waals surface area contributed by atoms with E-state index in [1.165, 1.54) is 0 Å². The molecule has 0 aromatic carbocycles. The highest BCUT2D eigenvalue weighted by atomic mass is 16.3. The zero-order valence-corrected chi connectivity index (χ0v) is 11.7. The average Bonchev–Trinajstić information content (AvgIpc) is 3.14. The van der Waals surface area contributed by atoms with Crippen LogP contribution in [0.15, 0.2) is 35.0 Å². The van der Waals surface area contributed by atoms with Gasteiger partial charge in [0, 0.05) is 19.6 Å². The first-order chi connectivity index (χ1) is 10.3. The Morgan fingerprint density at radius 2 is 2.33 bits per heavy atom. The molecule has 0 spiro atoms. The van der Waals surface area contributed by atoms with Crippen LogP contribution in [0.1, 0.15) is 23.3 Å². The summed E-state index contributed by atoms with van der Waals surface area (Å²) in [6, 6.07) is 5.65. The van der Waals surface area contributed by atoms with E-state index < -0.39 is 6.10 Å². The topological polar surface area (TPSA) is 74.7 Å². The van der Waals surface area contributed by atoms with E-state index in [0.717, 1.165) is 37.6 Å². The van der Waals surface area contributed by atoms with Crippen LogP contribution in [0.4, 0.5) is 0 Å². The lowest BCUT2D eigenvalue weighted by Gasteiger charge is -2.26. The Morgan fingerprint density at radius 1 is 1.43 bits per heavy atom. The van der Waals surface area contributed by atoms with Gasteiger partial charge in [-0.1, -0.05) is 6.08 Å². The first-order valence-electron chi connectivity index (χ1n) is 7.04. The Bertz CT molecular complexity index is 604. The maximum Gasteiger partial charge on any atom is 0.126 e. The number of fused-ring (bicyclic) bond motifs is 1. The van der Waals surface area contributed by atoms with Crippen LogP contribution in [0.5, 0.6) is 0 Å². The van der Waals surface area contributed by atoms with E-state index in [9.17, 15) is 5.11 Å². The van der Waals surface area contributed by atoms with Gasteiger partial charge in [0.2, 0.25) is 0 Å². The number of aliphatic hydroxyl groups excluding tert-OH is 2. The number of hydrogen-bond donors (Lipinski definition) is 2. The van der Waals surface area contributed by atoms with Crippen molar-refractivity contribution in [2.24, 2.45) is 0 Å². The van der Waals surface area contributed by atoms with Crippen molar-refractivity contribution in [3.05, 3.63) is 47.7 Å². The summed E-state index contributed by atoms with van der Waals surface area (Å²) >= 11 is 0. The van der Waals surface area contributed by atoms with Gasteiger partial charge in [-0.15, -0.1) is 0 Å². The Morgan fingerprint density at radius 3 is 3.10 bits per heavy atom. The molecule has 2 N–H and O–H groups in total. The summed E-state index contributed by atoms with van der Waals surface area (Å²) in [6.45, 7) is 3.03. The number of aromatic nitrogens is 2. The molecule has 1 atom stereocenters. The summed E-state index contributed by atoms with van der Waals surface area (Å²) in [4.78, 5) is 2.30. The molecule has 112 valence electrons. The smallest absolute Gasteiger partial charge is 0.126 e. The highest BCUT2D eigenvalue weighted by molar-refractivity contribution is 5.42. The minimum atomic E-state index is -0.893. The molecular formula is C15H19N3O3. The SMILES string of the molecule is OC[C@@H](O)c1cc2n(n1)CCN(C/C=C/c1ccco1)C2. The largest absolute Gasteiger partial charge is 0.465 e. The monoisotopic (exact) mass is 289 g/mol. The van der Waals surface area contributed by atoms with E-state index in [2.05, 4.69) is 16.1 Å². The molecule has 3 heterocycles. The molecule has 2 aromatic heterocycles. The van der Waals surface area contributed by atoms with E-state index in [1.54, 1.807) is 6.26 Å². The van der Waals surface area contributed by atoms with Gasteiger partial charge >= 0.3 is 0 Å². The second-order valence-electron chi connectivity index (χ2n) is 5.13. The molecule has 0 radical (unpaired) electrons. The minimum Gasteiger partial charge on any atom is -0.465 e. The second kappa shape index (κ2) is 6.26. The number of nitrogens with zero attached hydrogens (tertiary/aromatic N) is 3. The molecule has 0 unspecified atom stereocenters. The molecular weight excluding hydrogens is 270 g/mol. The van der Waals surface area contributed by atoms with Crippen molar-refractivity contribution < 1.29 is 14.6 Å². The van der Waals surface area contributed by atoms with Crippen LogP contribution in [0.3, 0.4) is 0 Å². The third-order valence-corrected chi connectivity index (χ3v) is 3.60. The third-order valence-electron chi connectivity index (χ3n) is 3.60. The Hall–Kier alpha value is -1.89. The zero-order valence-electron chi connectivity index (χ0n) is 11.7. The van der Waals surface area contributed by atoms with Crippen LogP contribution in [0.2, 0.25) is 0 Å². The number of rotatable bonds is 5. The maximum absolute atomic E-state index is 9.63. The van der Waals surface area contributed by atoms with Gasteiger partial charge in [-0.2, -0.15) is 5.10 Å². The summed E-state index contributed by atoms with van der Waals surface area (Å²) in [7, 11) is 0. The van der Waals surface area contributed by atoms with Crippen molar-refractivity contribution in [3.63, 3.8) is 0 Å². The molecule has 1 aliphatic heterocycles. The lowest BCUT2D eigenvalue weighted by Crippen LogP contribution is -2.33. The lowest BCUT2D eigenvalue weighted by molar-refractivity contribution is 0.0915. The molecule has 0 bridgehead atoms. The molecule has 21 heavy (non-hydrogen) atoms. The highest BCUT2D eigenvalue weighted by Crippen LogP contribution is 2.18. The zero-order chi connectivity index (χ0) is 14.7. The molecule has 0 fully saturated rings. The average molecular weight is 289 g/mol. The summed E-state index contributed by atoms with van der Waals surface area (Å²) in [5.41, 5.74) is 1.61. The van der Waals surface area contributed by atoms with Crippen LogP contribution < -0.4 is 0 Å². The van der Waals surface area contributed by atoms with E-state index >= 15 is 0 Å². The summed E-state index contributed by atoms with van der Waals surface area (Å²) in [5, 5.41) is 22.9. The predicted octanol–water partition coefficient (Wildman–Crippen LogP) is 1.03. The van der Waals surface area contributed by atoms with Crippen molar-refractivity contribution >= 4 is 6.08 Å². The predicted molar refractivity (Wildman–Crippen MR) is 77.3 cm³/mol. The van der Waals surface area contributed by atoms with Crippen LogP contribution in [-0.2, 0) is 13.1 Å². The van der Waals surface area contributed by atoms with Crippen LogP contribution in [-0.4, -0.2) is 44.6 Å². The fourth-order valence-corrected chi connectivity index (χ4v) is 2.46. The molecule has 0 saturated carbocycles. The normalized spacial score (nSPS) is 17.2. The third kappa shape index (κ3) is 3.24. The summed E-state index contributed by atoms with van der Waals surface area (Å²) in [6.07, 6.45) is 4.81. The van der Waals surface area contributed by atoms with Gasteiger partial charge < -0.3 is 14.6 Å². The molecule has 3 rings (SSSR count). The number of hydrogen-bond acceptors (Lipinski definition) is 5. The maximum atomic E-state index is 9.63.